The molecule has 6 heteroatoms. The van der Waals surface area contributed by atoms with Crippen LogP contribution >= 0.6 is 0 Å². The van der Waals surface area contributed by atoms with Crippen molar-refractivity contribution >= 4 is 11.7 Å². The molecular formula is C14H16FN3O2. The van der Waals surface area contributed by atoms with Crippen LogP contribution in [0.25, 0.3) is 0 Å². The molecule has 0 aromatic carbocycles. The van der Waals surface area contributed by atoms with Crippen LogP contribution in [-0.4, -0.2) is 17.4 Å². The van der Waals surface area contributed by atoms with Crippen LogP contribution in [0.5, 0.6) is 0 Å². The van der Waals surface area contributed by atoms with E-state index in [0.717, 1.165) is 0 Å². The molecule has 0 radical (unpaired) electrons. The van der Waals surface area contributed by atoms with Crippen LogP contribution in [0, 0.1) is 5.82 Å². The van der Waals surface area contributed by atoms with Gasteiger partial charge in [0.25, 0.3) is 5.91 Å². The van der Waals surface area contributed by atoms with E-state index in [1.807, 2.05) is 6.92 Å². The van der Waals surface area contributed by atoms with E-state index in [4.69, 9.17) is 4.42 Å². The number of amides is 1. The zero-order chi connectivity index (χ0) is 14.5. The molecule has 2 heterocycles. The Morgan fingerprint density at radius 3 is 2.95 bits per heavy atom. The number of nitrogens with zero attached hydrogens (tertiary/aromatic N) is 1. The van der Waals surface area contributed by atoms with E-state index in [1.54, 1.807) is 19.1 Å². The second kappa shape index (κ2) is 6.18. The van der Waals surface area contributed by atoms with Gasteiger partial charge in [0, 0.05) is 12.7 Å². The molecule has 1 unspecified atom stereocenters. The van der Waals surface area contributed by atoms with Gasteiger partial charge < -0.3 is 15.1 Å². The number of carbonyl (C=O) groups is 1. The second-order valence-electron chi connectivity index (χ2n) is 4.26. The molecule has 5 nitrogen and oxygen atoms in total. The zero-order valence-corrected chi connectivity index (χ0v) is 11.3. The maximum atomic E-state index is 14.1. The molecule has 0 aliphatic heterocycles. The van der Waals surface area contributed by atoms with Gasteiger partial charge in [0.2, 0.25) is 0 Å². The minimum absolute atomic E-state index is 0.0469. The summed E-state index contributed by atoms with van der Waals surface area (Å²) in [6.45, 7) is 4.12. The van der Waals surface area contributed by atoms with E-state index in [2.05, 4.69) is 15.6 Å². The van der Waals surface area contributed by atoms with Crippen molar-refractivity contribution in [2.75, 3.05) is 11.9 Å². The number of hydrogen-bond acceptors (Lipinski definition) is 4. The van der Waals surface area contributed by atoms with Crippen molar-refractivity contribution in [2.24, 2.45) is 0 Å². The van der Waals surface area contributed by atoms with Crippen molar-refractivity contribution in [2.45, 2.75) is 19.9 Å². The Hall–Kier alpha value is -2.37. The number of furan rings is 1. The molecule has 1 atom stereocenters. The maximum absolute atomic E-state index is 14.1. The fourth-order valence-electron chi connectivity index (χ4n) is 1.79. The number of aromatic nitrogens is 1. The Morgan fingerprint density at radius 2 is 2.30 bits per heavy atom. The molecule has 0 bridgehead atoms. The van der Waals surface area contributed by atoms with Crippen LogP contribution in [0.4, 0.5) is 10.2 Å². The van der Waals surface area contributed by atoms with Gasteiger partial charge in [-0.1, -0.05) is 0 Å². The van der Waals surface area contributed by atoms with E-state index in [0.29, 0.717) is 12.3 Å². The maximum Gasteiger partial charge on any atom is 0.255 e. The number of pyridine rings is 1. The second-order valence-corrected chi connectivity index (χ2v) is 4.26. The van der Waals surface area contributed by atoms with E-state index >= 15 is 0 Å². The largest absolute Gasteiger partial charge is 0.467 e. The SMILES string of the molecule is CCNc1nccc(C(=O)NC(C)c2ccco2)c1F. The zero-order valence-electron chi connectivity index (χ0n) is 11.3. The third kappa shape index (κ3) is 2.96. The number of carbonyl (C=O) groups excluding carboxylic acids is 1. The number of rotatable bonds is 5. The molecule has 0 spiro atoms. The van der Waals surface area contributed by atoms with Crippen LogP contribution in [0.3, 0.4) is 0 Å². The molecule has 20 heavy (non-hydrogen) atoms. The molecule has 0 aliphatic rings. The summed E-state index contributed by atoms with van der Waals surface area (Å²) in [5.74, 6) is -0.475. The highest BCUT2D eigenvalue weighted by atomic mass is 19.1. The first kappa shape index (κ1) is 14.0. The predicted octanol–water partition coefficient (Wildman–Crippen LogP) is 2.74. The first-order valence-corrected chi connectivity index (χ1v) is 6.36. The molecule has 0 saturated heterocycles. The van der Waals surface area contributed by atoms with Crippen LogP contribution in [0.2, 0.25) is 0 Å². The summed E-state index contributed by atoms with van der Waals surface area (Å²) >= 11 is 0. The highest BCUT2D eigenvalue weighted by Gasteiger charge is 2.18. The van der Waals surface area contributed by atoms with Crippen molar-refractivity contribution in [1.82, 2.24) is 10.3 Å². The summed E-state index contributed by atoms with van der Waals surface area (Å²) in [7, 11) is 0. The Balaban J connectivity index is 2.15. The van der Waals surface area contributed by atoms with Gasteiger partial charge in [0.1, 0.15) is 5.76 Å². The van der Waals surface area contributed by atoms with Gasteiger partial charge in [0.15, 0.2) is 11.6 Å². The molecule has 2 N–H and O–H groups in total. The minimum Gasteiger partial charge on any atom is -0.467 e. The first-order valence-electron chi connectivity index (χ1n) is 6.36. The fraction of sp³-hybridized carbons (Fsp3) is 0.286. The number of halogens is 1. The van der Waals surface area contributed by atoms with Crippen LogP contribution in [0.15, 0.2) is 35.1 Å². The minimum atomic E-state index is -0.654. The summed E-state index contributed by atoms with van der Waals surface area (Å²) in [4.78, 5) is 15.9. The number of hydrogen-bond donors (Lipinski definition) is 2. The van der Waals surface area contributed by atoms with E-state index in [-0.39, 0.29) is 17.4 Å². The predicted molar refractivity (Wildman–Crippen MR) is 72.9 cm³/mol. The lowest BCUT2D eigenvalue weighted by Crippen LogP contribution is -2.27. The highest BCUT2D eigenvalue weighted by Crippen LogP contribution is 2.17. The number of anilines is 1. The molecule has 2 aromatic rings. The molecular weight excluding hydrogens is 261 g/mol. The average molecular weight is 277 g/mol. The standard InChI is InChI=1S/C14H16FN3O2/c1-3-16-13-12(15)10(6-7-17-13)14(19)18-9(2)11-5-4-8-20-11/h4-9H,3H2,1-2H3,(H,16,17)(H,18,19). The molecule has 106 valence electrons. The molecule has 0 saturated carbocycles. The third-order valence-corrected chi connectivity index (χ3v) is 2.80. The normalized spacial score (nSPS) is 11.9. The van der Waals surface area contributed by atoms with Crippen LogP contribution < -0.4 is 10.6 Å². The highest BCUT2D eigenvalue weighted by molar-refractivity contribution is 5.95. The lowest BCUT2D eigenvalue weighted by atomic mass is 10.2. The quantitative estimate of drug-likeness (QED) is 0.881. The summed E-state index contributed by atoms with van der Waals surface area (Å²) in [5, 5.41) is 5.45. The molecule has 1 amide bonds. The van der Waals surface area contributed by atoms with Gasteiger partial charge in [-0.15, -0.1) is 0 Å². The Bertz CT molecular complexity index is 584. The lowest BCUT2D eigenvalue weighted by Gasteiger charge is -2.13. The summed E-state index contributed by atoms with van der Waals surface area (Å²) < 4.78 is 19.3. The summed E-state index contributed by atoms with van der Waals surface area (Å²) in [6, 6.07) is 4.49. The van der Waals surface area contributed by atoms with Crippen molar-refractivity contribution < 1.29 is 13.6 Å². The first-order chi connectivity index (χ1) is 9.63. The van der Waals surface area contributed by atoms with Crippen LogP contribution in [0.1, 0.15) is 36.0 Å². The van der Waals surface area contributed by atoms with E-state index in [1.165, 1.54) is 18.5 Å². The molecule has 2 rings (SSSR count). The van der Waals surface area contributed by atoms with Crippen molar-refractivity contribution in [3.05, 3.63) is 47.8 Å². The number of nitrogens with one attached hydrogen (secondary N) is 2. The van der Waals surface area contributed by atoms with Gasteiger partial charge in [-0.2, -0.15) is 0 Å². The topological polar surface area (TPSA) is 67.2 Å². The van der Waals surface area contributed by atoms with Crippen LogP contribution in [-0.2, 0) is 0 Å². The smallest absolute Gasteiger partial charge is 0.255 e. The van der Waals surface area contributed by atoms with Gasteiger partial charge in [-0.25, -0.2) is 9.37 Å². The molecule has 2 aromatic heterocycles. The molecule has 0 aliphatic carbocycles. The van der Waals surface area contributed by atoms with Crippen molar-refractivity contribution in [3.63, 3.8) is 0 Å². The van der Waals surface area contributed by atoms with Gasteiger partial charge in [0.05, 0.1) is 17.9 Å². The Labute approximate surface area is 116 Å². The lowest BCUT2D eigenvalue weighted by molar-refractivity contribution is 0.0931. The van der Waals surface area contributed by atoms with Gasteiger partial charge in [-0.05, 0) is 32.0 Å². The third-order valence-electron chi connectivity index (χ3n) is 2.80. The van der Waals surface area contributed by atoms with E-state index in [9.17, 15) is 9.18 Å². The van der Waals surface area contributed by atoms with Crippen molar-refractivity contribution in [1.29, 1.82) is 0 Å². The monoisotopic (exact) mass is 277 g/mol. The average Bonchev–Trinajstić information content (AvgIpc) is 2.95. The van der Waals surface area contributed by atoms with E-state index < -0.39 is 11.7 Å². The van der Waals surface area contributed by atoms with Gasteiger partial charge >= 0.3 is 0 Å². The fourth-order valence-corrected chi connectivity index (χ4v) is 1.79. The molecule has 0 fully saturated rings. The summed E-state index contributed by atoms with van der Waals surface area (Å²) in [6.07, 6.45) is 2.92. The van der Waals surface area contributed by atoms with Crippen molar-refractivity contribution in [3.8, 4) is 0 Å². The Morgan fingerprint density at radius 1 is 1.50 bits per heavy atom. The van der Waals surface area contributed by atoms with Gasteiger partial charge in [-0.3, -0.25) is 4.79 Å². The Kier molecular flexibility index (Phi) is 4.34. The summed E-state index contributed by atoms with van der Waals surface area (Å²) in [5.41, 5.74) is -0.0469.